The highest BCUT2D eigenvalue weighted by atomic mass is 16.4. The minimum Gasteiger partial charge on any atom is -0.481 e. The third-order valence-corrected chi connectivity index (χ3v) is 3.37. The average molecular weight is 207 g/mol. The molecule has 1 aromatic heterocycles. The molecule has 0 radical (unpaired) electrons. The fourth-order valence-electron chi connectivity index (χ4n) is 2.39. The summed E-state index contributed by atoms with van der Waals surface area (Å²) in [6.45, 7) is 4.10. The van der Waals surface area contributed by atoms with Crippen LogP contribution in [-0.2, 0) is 11.2 Å². The second kappa shape index (κ2) is 3.72. The van der Waals surface area contributed by atoms with Crippen molar-refractivity contribution in [2.24, 2.45) is 0 Å². The van der Waals surface area contributed by atoms with Crippen LogP contribution in [0.25, 0.3) is 0 Å². The van der Waals surface area contributed by atoms with Crippen LogP contribution in [0.4, 0.5) is 0 Å². The number of carboxylic acid groups (broad SMARTS) is 1. The Morgan fingerprint density at radius 2 is 2.20 bits per heavy atom. The first-order valence-electron chi connectivity index (χ1n) is 5.48. The number of nitrogens with zero attached hydrogens (tertiary/aromatic N) is 1. The zero-order valence-electron chi connectivity index (χ0n) is 9.29. The van der Waals surface area contributed by atoms with Crippen molar-refractivity contribution < 1.29 is 9.90 Å². The lowest BCUT2D eigenvalue weighted by atomic mass is 9.92. The molecule has 0 unspecified atom stereocenters. The molecule has 0 aromatic carbocycles. The van der Waals surface area contributed by atoms with E-state index in [0.29, 0.717) is 6.04 Å². The smallest absolute Gasteiger partial charge is 0.307 e. The third kappa shape index (κ3) is 1.78. The van der Waals surface area contributed by atoms with Crippen LogP contribution in [0.5, 0.6) is 0 Å². The van der Waals surface area contributed by atoms with Gasteiger partial charge in [0, 0.05) is 17.4 Å². The van der Waals surface area contributed by atoms with Gasteiger partial charge in [-0.1, -0.05) is 0 Å². The van der Waals surface area contributed by atoms with Crippen molar-refractivity contribution in [1.29, 1.82) is 0 Å². The monoisotopic (exact) mass is 207 g/mol. The molecule has 2 rings (SSSR count). The normalized spacial score (nSPS) is 16.4. The molecule has 1 aliphatic carbocycles. The molecule has 1 heterocycles. The maximum Gasteiger partial charge on any atom is 0.307 e. The van der Waals surface area contributed by atoms with Crippen molar-refractivity contribution >= 4 is 5.97 Å². The Morgan fingerprint density at radius 1 is 1.53 bits per heavy atom. The predicted octanol–water partition coefficient (Wildman–Crippen LogP) is 2.46. The molecule has 0 amide bonds. The highest BCUT2D eigenvalue weighted by Gasteiger charge is 2.23. The van der Waals surface area contributed by atoms with Crippen molar-refractivity contribution in [2.45, 2.75) is 45.6 Å². The number of carbonyl (C=O) groups is 1. The van der Waals surface area contributed by atoms with Crippen LogP contribution in [0.15, 0.2) is 6.07 Å². The standard InChI is InChI=1S/C12H17NO2/c1-8-6-10(7-12(14)15)9(2)13(8)11-4-3-5-11/h6,11H,3-5,7H2,1-2H3,(H,14,15). The Kier molecular flexibility index (Phi) is 2.55. The van der Waals surface area contributed by atoms with E-state index in [9.17, 15) is 4.79 Å². The molecule has 1 aliphatic rings. The molecule has 1 N–H and O–H groups in total. The molecule has 0 saturated heterocycles. The summed E-state index contributed by atoms with van der Waals surface area (Å²) in [5, 5.41) is 8.79. The van der Waals surface area contributed by atoms with Gasteiger partial charge < -0.3 is 9.67 Å². The number of aromatic nitrogens is 1. The van der Waals surface area contributed by atoms with Gasteiger partial charge in [0.05, 0.1) is 6.42 Å². The predicted molar refractivity (Wildman–Crippen MR) is 58.1 cm³/mol. The molecule has 3 heteroatoms. The molecule has 1 aromatic rings. The molecule has 0 atom stereocenters. The van der Waals surface area contributed by atoms with Gasteiger partial charge in [0.25, 0.3) is 0 Å². The summed E-state index contributed by atoms with van der Waals surface area (Å²) >= 11 is 0. The quantitative estimate of drug-likeness (QED) is 0.827. The Labute approximate surface area is 89.7 Å². The highest BCUT2D eigenvalue weighted by Crippen LogP contribution is 2.35. The molecule has 0 bridgehead atoms. The molecule has 15 heavy (non-hydrogen) atoms. The summed E-state index contributed by atoms with van der Waals surface area (Å²) < 4.78 is 2.31. The van der Waals surface area contributed by atoms with Crippen molar-refractivity contribution in [3.63, 3.8) is 0 Å². The van der Waals surface area contributed by atoms with Crippen LogP contribution >= 0.6 is 0 Å². The first kappa shape index (κ1) is 10.3. The summed E-state index contributed by atoms with van der Waals surface area (Å²) in [7, 11) is 0. The fraction of sp³-hybridized carbons (Fsp3) is 0.583. The van der Waals surface area contributed by atoms with Gasteiger partial charge in [0.1, 0.15) is 0 Å². The SMILES string of the molecule is Cc1cc(CC(=O)O)c(C)n1C1CCC1. The number of hydrogen-bond acceptors (Lipinski definition) is 1. The zero-order chi connectivity index (χ0) is 11.0. The summed E-state index contributed by atoms with van der Waals surface area (Å²) in [5.74, 6) is -0.746. The summed E-state index contributed by atoms with van der Waals surface area (Å²) in [4.78, 5) is 10.7. The Bertz CT molecular complexity index is 389. The van der Waals surface area contributed by atoms with Gasteiger partial charge in [0.2, 0.25) is 0 Å². The number of aryl methyl sites for hydroxylation is 1. The molecule has 0 aliphatic heterocycles. The third-order valence-electron chi connectivity index (χ3n) is 3.37. The van der Waals surface area contributed by atoms with Crippen molar-refractivity contribution in [2.75, 3.05) is 0 Å². The maximum atomic E-state index is 10.7. The summed E-state index contributed by atoms with van der Waals surface area (Å²) in [6.07, 6.45) is 3.92. The number of hydrogen-bond donors (Lipinski definition) is 1. The van der Waals surface area contributed by atoms with E-state index in [4.69, 9.17) is 5.11 Å². The molecule has 3 nitrogen and oxygen atoms in total. The zero-order valence-corrected chi connectivity index (χ0v) is 9.29. The summed E-state index contributed by atoms with van der Waals surface area (Å²) in [6, 6.07) is 2.63. The lowest BCUT2D eigenvalue weighted by Crippen LogP contribution is -2.19. The molecule has 82 valence electrons. The maximum absolute atomic E-state index is 10.7. The Hall–Kier alpha value is -1.25. The van der Waals surface area contributed by atoms with Gasteiger partial charge >= 0.3 is 5.97 Å². The van der Waals surface area contributed by atoms with E-state index >= 15 is 0 Å². The van der Waals surface area contributed by atoms with Gasteiger partial charge in [-0.2, -0.15) is 0 Å². The minimum atomic E-state index is -0.746. The van der Waals surface area contributed by atoms with E-state index < -0.39 is 5.97 Å². The van der Waals surface area contributed by atoms with Crippen molar-refractivity contribution in [1.82, 2.24) is 4.57 Å². The number of rotatable bonds is 3. The lowest BCUT2D eigenvalue weighted by Gasteiger charge is -2.30. The van der Waals surface area contributed by atoms with Gasteiger partial charge in [-0.15, -0.1) is 0 Å². The van der Waals surface area contributed by atoms with Gasteiger partial charge in [-0.25, -0.2) is 0 Å². The first-order chi connectivity index (χ1) is 7.09. The Balaban J connectivity index is 2.30. The molecular formula is C12H17NO2. The summed E-state index contributed by atoms with van der Waals surface area (Å²) in [5.41, 5.74) is 3.31. The van der Waals surface area contributed by atoms with E-state index in [1.165, 1.54) is 25.0 Å². The van der Waals surface area contributed by atoms with Crippen LogP contribution in [0.1, 0.15) is 42.3 Å². The van der Waals surface area contributed by atoms with E-state index in [1.54, 1.807) is 0 Å². The van der Waals surface area contributed by atoms with Gasteiger partial charge in [-0.05, 0) is 44.7 Å². The van der Waals surface area contributed by atoms with Crippen molar-refractivity contribution in [3.8, 4) is 0 Å². The topological polar surface area (TPSA) is 42.2 Å². The lowest BCUT2D eigenvalue weighted by molar-refractivity contribution is -0.136. The molecular weight excluding hydrogens is 190 g/mol. The Morgan fingerprint density at radius 3 is 2.67 bits per heavy atom. The van der Waals surface area contributed by atoms with Crippen LogP contribution in [-0.4, -0.2) is 15.6 Å². The van der Waals surface area contributed by atoms with Gasteiger partial charge in [0.15, 0.2) is 0 Å². The second-order valence-corrected chi connectivity index (χ2v) is 4.42. The molecule has 1 saturated carbocycles. The van der Waals surface area contributed by atoms with E-state index in [-0.39, 0.29) is 6.42 Å². The van der Waals surface area contributed by atoms with Crippen LogP contribution in [0.2, 0.25) is 0 Å². The van der Waals surface area contributed by atoms with Gasteiger partial charge in [-0.3, -0.25) is 4.79 Å². The van der Waals surface area contributed by atoms with E-state index in [0.717, 1.165) is 11.3 Å². The molecule has 1 fully saturated rings. The average Bonchev–Trinajstić information content (AvgIpc) is 2.29. The second-order valence-electron chi connectivity index (χ2n) is 4.42. The number of aliphatic carboxylic acids is 1. The fourth-order valence-corrected chi connectivity index (χ4v) is 2.39. The van der Waals surface area contributed by atoms with E-state index in [1.807, 2.05) is 13.0 Å². The highest BCUT2D eigenvalue weighted by molar-refractivity contribution is 5.70. The van der Waals surface area contributed by atoms with Crippen molar-refractivity contribution in [3.05, 3.63) is 23.0 Å². The molecule has 0 spiro atoms. The van der Waals surface area contributed by atoms with Crippen LogP contribution in [0, 0.1) is 13.8 Å². The van der Waals surface area contributed by atoms with E-state index in [2.05, 4.69) is 11.5 Å². The first-order valence-corrected chi connectivity index (χ1v) is 5.48. The van der Waals surface area contributed by atoms with Crippen LogP contribution < -0.4 is 0 Å². The minimum absolute atomic E-state index is 0.145. The van der Waals surface area contributed by atoms with Crippen LogP contribution in [0.3, 0.4) is 0 Å². The largest absolute Gasteiger partial charge is 0.481 e. The number of carboxylic acids is 1.